The number of anilines is 2. The van der Waals surface area contributed by atoms with E-state index in [0.29, 0.717) is 15.1 Å². The fourth-order valence-electron chi connectivity index (χ4n) is 7.89. The van der Waals surface area contributed by atoms with Crippen LogP contribution in [0.1, 0.15) is 66.7 Å². The van der Waals surface area contributed by atoms with E-state index in [2.05, 4.69) is 20.5 Å². The monoisotopic (exact) mass is 819 g/mol. The molecule has 2 aliphatic carbocycles. The summed E-state index contributed by atoms with van der Waals surface area (Å²) in [6.07, 6.45) is -4.07. The first-order valence-electron chi connectivity index (χ1n) is 17.3. The van der Waals surface area contributed by atoms with Gasteiger partial charge in [-0.3, -0.25) is 28.7 Å². The Balaban J connectivity index is 1.37. The molecule has 0 radical (unpaired) electrons. The highest BCUT2D eigenvalue weighted by atomic mass is 32.2. The van der Waals surface area contributed by atoms with Crippen LogP contribution < -0.4 is 9.62 Å². The Labute approximate surface area is 319 Å². The number of aromatic nitrogens is 5. The van der Waals surface area contributed by atoms with E-state index in [9.17, 15) is 44.8 Å². The number of halogens is 7. The smallest absolute Gasteiger partial charge is 0.325 e. The number of fused-ring (bicyclic) bond motifs is 4. The molecule has 3 atom stereocenters. The third kappa shape index (κ3) is 7.25. The van der Waals surface area contributed by atoms with Crippen LogP contribution in [0, 0.1) is 17.6 Å². The number of nitrogens with zero attached hydrogens (tertiary/aromatic N) is 6. The molecule has 20 heteroatoms. The van der Waals surface area contributed by atoms with Crippen molar-refractivity contribution in [2.24, 2.45) is 13.0 Å². The SMILES string of the molecule is CC(=O)Nc1cnc([C@@H](CC(=O)Cn2nc(C(F)(F)F)c3c2C(F)(F)[C@@H]2C[C@H]32)Cc2cc(F)cc(F)c2)c(-c2cccc3c(N(C(C)=O)S(C)(=O)=O)nn(C)c23)c1. The molecule has 0 aliphatic heterocycles. The molecule has 1 fully saturated rings. The van der Waals surface area contributed by atoms with E-state index in [1.165, 1.54) is 43.0 Å². The minimum Gasteiger partial charge on any atom is -0.325 e. The molecule has 0 spiro atoms. The van der Waals surface area contributed by atoms with Crippen LogP contribution in [0.15, 0.2) is 48.7 Å². The topological polar surface area (TPSA) is 149 Å². The third-order valence-corrected chi connectivity index (χ3v) is 11.1. The molecule has 0 saturated heterocycles. The molecule has 0 unspecified atom stereocenters. The molecule has 1 saturated carbocycles. The average molecular weight is 820 g/mol. The molecule has 1 N–H and O–H groups in total. The standard InChI is InChI=1S/C37H32F7N7O5S/c1-17(52)46-23-13-27(25-6-5-7-26-32(25)49(3)48-35(26)51(18(2)53)57(4,55)56)31(45-15-23)20(8-19-9-21(38)12-22(39)10-19)11-24(54)16-50-34-30(33(47-50)37(42,43)44)28-14-29(28)36(34,40)41/h5-7,9-10,12-13,15,20,28-29H,8,11,14,16H2,1-4H3,(H,46,52)/t20-,28+,29-/m1/s1. The summed E-state index contributed by atoms with van der Waals surface area (Å²) < 4.78 is 129. The Morgan fingerprint density at radius 3 is 2.33 bits per heavy atom. The van der Waals surface area contributed by atoms with Gasteiger partial charge in [0.05, 0.1) is 29.4 Å². The van der Waals surface area contributed by atoms with Crippen LogP contribution in [0.25, 0.3) is 22.0 Å². The Bertz CT molecular complexity index is 2600. The second-order valence-corrected chi connectivity index (χ2v) is 16.1. The van der Waals surface area contributed by atoms with Crippen molar-refractivity contribution in [1.82, 2.24) is 24.5 Å². The van der Waals surface area contributed by atoms with Gasteiger partial charge in [-0.1, -0.05) is 12.1 Å². The number of para-hydroxylation sites is 1. The lowest BCUT2D eigenvalue weighted by molar-refractivity contribution is -0.142. The Hall–Kier alpha value is -5.66. The summed E-state index contributed by atoms with van der Waals surface area (Å²) in [6.45, 7) is 1.27. The fraction of sp³-hybridized carbons (Fsp3) is 0.351. The second kappa shape index (κ2) is 13.8. The number of hydrogen-bond acceptors (Lipinski definition) is 8. The van der Waals surface area contributed by atoms with Gasteiger partial charge in [-0.15, -0.1) is 0 Å². The molecule has 57 heavy (non-hydrogen) atoms. The first kappa shape index (κ1) is 39.6. The van der Waals surface area contributed by atoms with Crippen LogP contribution >= 0.6 is 0 Å². The van der Waals surface area contributed by atoms with Crippen LogP contribution in [0.4, 0.5) is 42.2 Å². The lowest BCUT2D eigenvalue weighted by atomic mass is 9.86. The van der Waals surface area contributed by atoms with Crippen LogP contribution in [-0.2, 0) is 56.5 Å². The molecule has 3 heterocycles. The molecule has 3 aromatic heterocycles. The summed E-state index contributed by atoms with van der Waals surface area (Å²) in [6, 6.07) is 8.69. The number of ketones is 1. The molecule has 300 valence electrons. The average Bonchev–Trinajstić information content (AvgIpc) is 3.61. The quantitative estimate of drug-likeness (QED) is 0.147. The lowest BCUT2D eigenvalue weighted by Gasteiger charge is -2.22. The molecular formula is C37H32F7N7O5S. The van der Waals surface area contributed by atoms with Crippen molar-refractivity contribution >= 4 is 50.0 Å². The van der Waals surface area contributed by atoms with Crippen LogP contribution in [0.3, 0.4) is 0 Å². The first-order valence-corrected chi connectivity index (χ1v) is 19.2. The number of nitrogens with one attached hydrogen (secondary N) is 1. The van der Waals surface area contributed by atoms with Crippen molar-refractivity contribution in [3.8, 4) is 11.1 Å². The van der Waals surface area contributed by atoms with Gasteiger partial charge >= 0.3 is 6.18 Å². The number of carbonyl (C=O) groups excluding carboxylic acids is 3. The number of aryl methyl sites for hydroxylation is 1. The van der Waals surface area contributed by atoms with E-state index in [4.69, 9.17) is 0 Å². The summed E-state index contributed by atoms with van der Waals surface area (Å²) in [5.41, 5.74) is -2.11. The number of rotatable bonds is 11. The van der Waals surface area contributed by atoms with Crippen molar-refractivity contribution in [3.63, 3.8) is 0 Å². The van der Waals surface area contributed by atoms with Crippen LogP contribution in [0.5, 0.6) is 0 Å². The minimum absolute atomic E-state index is 0.0428. The molecule has 2 amide bonds. The van der Waals surface area contributed by atoms with Gasteiger partial charge in [-0.2, -0.15) is 36.5 Å². The number of carbonyl (C=O) groups is 3. The Morgan fingerprint density at radius 2 is 1.72 bits per heavy atom. The highest BCUT2D eigenvalue weighted by Crippen LogP contribution is 2.68. The molecule has 7 rings (SSSR count). The number of benzene rings is 2. The number of hydrogen-bond donors (Lipinski definition) is 1. The van der Waals surface area contributed by atoms with Crippen molar-refractivity contribution in [2.75, 3.05) is 15.9 Å². The Morgan fingerprint density at radius 1 is 1.04 bits per heavy atom. The largest absolute Gasteiger partial charge is 0.435 e. The summed E-state index contributed by atoms with van der Waals surface area (Å²) in [5, 5.41) is 10.6. The van der Waals surface area contributed by atoms with Crippen molar-refractivity contribution < 1.29 is 53.5 Å². The molecule has 5 aromatic rings. The number of pyridine rings is 1. The van der Waals surface area contributed by atoms with Crippen LogP contribution in [-0.4, -0.2) is 56.8 Å². The van der Waals surface area contributed by atoms with E-state index >= 15 is 8.78 Å². The third-order valence-electron chi connectivity index (χ3n) is 9.98. The zero-order chi connectivity index (χ0) is 41.5. The van der Waals surface area contributed by atoms with E-state index in [0.717, 1.165) is 25.3 Å². The van der Waals surface area contributed by atoms with Crippen LogP contribution in [0.2, 0.25) is 0 Å². The number of amides is 2. The summed E-state index contributed by atoms with van der Waals surface area (Å²) in [7, 11) is -2.71. The maximum Gasteiger partial charge on any atom is 0.435 e. The number of alkyl halides is 5. The van der Waals surface area contributed by atoms with Gasteiger partial charge in [-0.25, -0.2) is 17.2 Å². The number of Topliss-reactive ketones (excluding diaryl/α,β-unsaturated/α-hetero) is 1. The molecule has 2 aliphatic rings. The van der Waals surface area contributed by atoms with Gasteiger partial charge in [-0.05, 0) is 48.6 Å². The first-order chi connectivity index (χ1) is 26.6. The molecule has 2 aromatic carbocycles. The predicted octanol–water partition coefficient (Wildman–Crippen LogP) is 6.59. The molecule has 0 bridgehead atoms. The van der Waals surface area contributed by atoms with Crippen molar-refractivity contribution in [3.05, 3.63) is 88.5 Å². The van der Waals surface area contributed by atoms with E-state index < -0.39 is 99.0 Å². The minimum atomic E-state index is -5.07. The van der Waals surface area contributed by atoms with Gasteiger partial charge < -0.3 is 5.32 Å². The fourth-order valence-corrected chi connectivity index (χ4v) is 8.81. The van der Waals surface area contributed by atoms with Gasteiger partial charge in [0.1, 0.15) is 23.9 Å². The lowest BCUT2D eigenvalue weighted by Crippen LogP contribution is -2.34. The van der Waals surface area contributed by atoms with Gasteiger partial charge in [0, 0.05) is 67.3 Å². The van der Waals surface area contributed by atoms with E-state index in [1.807, 2.05) is 0 Å². The zero-order valence-corrected chi connectivity index (χ0v) is 31.3. The highest BCUT2D eigenvalue weighted by molar-refractivity contribution is 7.92. The maximum absolute atomic E-state index is 15.4. The summed E-state index contributed by atoms with van der Waals surface area (Å²) >= 11 is 0. The van der Waals surface area contributed by atoms with Gasteiger partial charge in [0.25, 0.3) is 5.92 Å². The normalized spacial score (nSPS) is 17.6. The van der Waals surface area contributed by atoms with Gasteiger partial charge in [0.15, 0.2) is 17.3 Å². The zero-order valence-electron chi connectivity index (χ0n) is 30.5. The molecule has 12 nitrogen and oxygen atoms in total. The second-order valence-electron chi connectivity index (χ2n) is 14.3. The summed E-state index contributed by atoms with van der Waals surface area (Å²) in [5.74, 6) is -11.6. The highest BCUT2D eigenvalue weighted by Gasteiger charge is 2.68. The van der Waals surface area contributed by atoms with E-state index in [-0.39, 0.29) is 57.6 Å². The Kier molecular flexibility index (Phi) is 9.56. The maximum atomic E-state index is 15.4. The number of sulfonamides is 1. The van der Waals surface area contributed by atoms with Crippen molar-refractivity contribution in [2.45, 2.75) is 63.6 Å². The van der Waals surface area contributed by atoms with Crippen molar-refractivity contribution in [1.29, 1.82) is 0 Å². The summed E-state index contributed by atoms with van der Waals surface area (Å²) in [4.78, 5) is 43.2. The van der Waals surface area contributed by atoms with Gasteiger partial charge in [0.2, 0.25) is 21.8 Å². The predicted molar refractivity (Wildman–Crippen MR) is 191 cm³/mol. The molecular weight excluding hydrogens is 788 g/mol. The van der Waals surface area contributed by atoms with E-state index in [1.54, 1.807) is 6.07 Å².